The van der Waals surface area contributed by atoms with Crippen molar-refractivity contribution < 1.29 is 9.59 Å². The average molecular weight is 352 g/mol. The molecule has 2 atom stereocenters. The molecule has 1 aromatic heterocycles. The van der Waals surface area contributed by atoms with Gasteiger partial charge in [-0.1, -0.05) is 0 Å². The summed E-state index contributed by atoms with van der Waals surface area (Å²) in [5, 5.41) is 12.4. The number of guanidine groups is 1. The fraction of sp³-hybridized carbons (Fsp3) is 0.600. The summed E-state index contributed by atoms with van der Waals surface area (Å²) in [4.78, 5) is 31.4. The first-order valence-corrected chi connectivity index (χ1v) is 8.33. The Morgan fingerprint density at radius 2 is 2.04 bits per heavy atom. The van der Waals surface area contributed by atoms with Crippen LogP contribution in [-0.4, -0.2) is 52.8 Å². The first-order chi connectivity index (χ1) is 12.0. The van der Waals surface area contributed by atoms with Gasteiger partial charge in [-0.15, -0.1) is 0 Å². The number of hydrogen-bond acceptors (Lipinski definition) is 6. The van der Waals surface area contributed by atoms with E-state index >= 15 is 0 Å². The van der Waals surface area contributed by atoms with Gasteiger partial charge in [-0.3, -0.25) is 15.0 Å². The van der Waals surface area contributed by atoms with Gasteiger partial charge in [-0.05, 0) is 38.6 Å². The largest absolute Gasteiger partial charge is 0.370 e. The molecule has 0 aromatic carbocycles. The van der Waals surface area contributed by atoms with Crippen LogP contribution in [0.3, 0.4) is 0 Å². The van der Waals surface area contributed by atoms with E-state index in [0.29, 0.717) is 38.8 Å². The Kier molecular flexibility index (Phi) is 9.19. The fourth-order valence-electron chi connectivity index (χ4n) is 2.28. The predicted molar refractivity (Wildman–Crippen MR) is 94.9 cm³/mol. The van der Waals surface area contributed by atoms with Crippen molar-refractivity contribution in [1.82, 2.24) is 20.6 Å². The third-order valence-corrected chi connectivity index (χ3v) is 3.66. The second-order valence-corrected chi connectivity index (χ2v) is 5.74. The van der Waals surface area contributed by atoms with Crippen molar-refractivity contribution in [2.75, 3.05) is 13.1 Å². The van der Waals surface area contributed by atoms with Crippen LogP contribution in [0, 0.1) is 5.41 Å². The van der Waals surface area contributed by atoms with E-state index < -0.39 is 12.1 Å². The lowest BCUT2D eigenvalue weighted by molar-refractivity contribution is -0.123. The summed E-state index contributed by atoms with van der Waals surface area (Å²) in [6.07, 6.45) is 5.99. The SMILES string of the molecule is N=C(N)NCCC[C@H](N)C(=O)N[C@@H](CCCCN)C(=O)c1ncc[nH]1. The molecule has 10 N–H and O–H groups in total. The van der Waals surface area contributed by atoms with E-state index in [4.69, 9.17) is 22.6 Å². The monoisotopic (exact) mass is 352 g/mol. The summed E-state index contributed by atoms with van der Waals surface area (Å²) >= 11 is 0. The summed E-state index contributed by atoms with van der Waals surface area (Å²) in [5.74, 6) is -0.583. The average Bonchev–Trinajstić information content (AvgIpc) is 3.11. The molecule has 0 aliphatic carbocycles. The zero-order chi connectivity index (χ0) is 18.7. The maximum Gasteiger partial charge on any atom is 0.237 e. The van der Waals surface area contributed by atoms with Crippen molar-refractivity contribution in [3.05, 3.63) is 18.2 Å². The molecule has 1 aromatic rings. The Morgan fingerprint density at radius 3 is 2.64 bits per heavy atom. The molecule has 0 fully saturated rings. The Morgan fingerprint density at radius 1 is 1.28 bits per heavy atom. The molecule has 25 heavy (non-hydrogen) atoms. The van der Waals surface area contributed by atoms with E-state index in [1.165, 1.54) is 6.20 Å². The van der Waals surface area contributed by atoms with Gasteiger partial charge in [0, 0.05) is 18.9 Å². The molecule has 0 aliphatic heterocycles. The number of nitrogens with one attached hydrogen (secondary N) is 4. The molecule has 10 heteroatoms. The smallest absolute Gasteiger partial charge is 0.237 e. The Bertz CT molecular complexity index is 546. The second kappa shape index (κ2) is 11.2. The van der Waals surface area contributed by atoms with Crippen LogP contribution in [0.4, 0.5) is 0 Å². The molecule has 0 saturated carbocycles. The molecule has 0 aliphatic rings. The topological polar surface area (TPSA) is 189 Å². The molecule has 0 spiro atoms. The number of imidazole rings is 1. The number of amides is 1. The molecule has 1 rings (SSSR count). The number of unbranched alkanes of at least 4 members (excludes halogenated alkanes) is 1. The predicted octanol–water partition coefficient (Wildman–Crippen LogP) is -1.20. The quantitative estimate of drug-likeness (QED) is 0.106. The highest BCUT2D eigenvalue weighted by Crippen LogP contribution is 2.07. The highest BCUT2D eigenvalue weighted by molar-refractivity contribution is 5.99. The van der Waals surface area contributed by atoms with Crippen LogP contribution < -0.4 is 27.8 Å². The maximum absolute atomic E-state index is 12.5. The fourth-order valence-corrected chi connectivity index (χ4v) is 2.28. The number of aromatic nitrogens is 2. The van der Waals surface area contributed by atoms with Crippen molar-refractivity contribution in [2.45, 2.75) is 44.2 Å². The van der Waals surface area contributed by atoms with Gasteiger partial charge in [0.25, 0.3) is 0 Å². The van der Waals surface area contributed by atoms with Crippen LogP contribution in [-0.2, 0) is 4.79 Å². The van der Waals surface area contributed by atoms with E-state index in [1.54, 1.807) is 6.20 Å². The molecule has 0 radical (unpaired) electrons. The van der Waals surface area contributed by atoms with Gasteiger partial charge in [0.1, 0.15) is 0 Å². The minimum absolute atomic E-state index is 0.123. The van der Waals surface area contributed by atoms with Crippen LogP contribution in [0.15, 0.2) is 12.4 Å². The highest BCUT2D eigenvalue weighted by atomic mass is 16.2. The number of aromatic amines is 1. The van der Waals surface area contributed by atoms with Gasteiger partial charge in [-0.25, -0.2) is 4.98 Å². The van der Waals surface area contributed by atoms with Crippen LogP contribution in [0.5, 0.6) is 0 Å². The van der Waals surface area contributed by atoms with Gasteiger partial charge in [0.05, 0.1) is 12.1 Å². The lowest BCUT2D eigenvalue weighted by Crippen LogP contribution is -2.48. The van der Waals surface area contributed by atoms with Gasteiger partial charge < -0.3 is 32.8 Å². The Hall–Kier alpha value is -2.46. The Balaban J connectivity index is 2.55. The number of hydrogen-bond donors (Lipinski definition) is 7. The van der Waals surface area contributed by atoms with E-state index in [1.807, 2.05) is 0 Å². The summed E-state index contributed by atoms with van der Waals surface area (Å²) in [5.41, 5.74) is 16.5. The number of rotatable bonds is 12. The summed E-state index contributed by atoms with van der Waals surface area (Å²) in [6, 6.07) is -1.43. The number of H-pyrrole nitrogens is 1. The molecule has 0 bridgehead atoms. The van der Waals surface area contributed by atoms with Crippen LogP contribution >= 0.6 is 0 Å². The van der Waals surface area contributed by atoms with E-state index in [-0.39, 0.29) is 23.5 Å². The Labute approximate surface area is 146 Å². The van der Waals surface area contributed by atoms with E-state index in [0.717, 1.165) is 6.42 Å². The van der Waals surface area contributed by atoms with Crippen LogP contribution in [0.25, 0.3) is 0 Å². The summed E-state index contributed by atoms with van der Waals surface area (Å²) in [7, 11) is 0. The summed E-state index contributed by atoms with van der Waals surface area (Å²) in [6.45, 7) is 0.986. The minimum atomic E-state index is -0.741. The molecule has 10 nitrogen and oxygen atoms in total. The lowest BCUT2D eigenvalue weighted by Gasteiger charge is -2.19. The summed E-state index contributed by atoms with van der Waals surface area (Å²) < 4.78 is 0. The van der Waals surface area contributed by atoms with Crippen LogP contribution in [0.2, 0.25) is 0 Å². The third-order valence-electron chi connectivity index (χ3n) is 3.66. The normalized spacial score (nSPS) is 13.0. The highest BCUT2D eigenvalue weighted by Gasteiger charge is 2.25. The molecule has 0 saturated heterocycles. The zero-order valence-electron chi connectivity index (χ0n) is 14.3. The maximum atomic E-state index is 12.5. The van der Waals surface area contributed by atoms with Crippen molar-refractivity contribution in [3.63, 3.8) is 0 Å². The first-order valence-electron chi connectivity index (χ1n) is 8.33. The molecule has 1 heterocycles. The van der Waals surface area contributed by atoms with E-state index in [2.05, 4.69) is 20.6 Å². The zero-order valence-corrected chi connectivity index (χ0v) is 14.3. The second-order valence-electron chi connectivity index (χ2n) is 5.74. The number of Topliss-reactive ketones (excluding diaryl/α,β-unsaturated/α-hetero) is 1. The van der Waals surface area contributed by atoms with Crippen molar-refractivity contribution in [2.24, 2.45) is 17.2 Å². The van der Waals surface area contributed by atoms with E-state index in [9.17, 15) is 9.59 Å². The number of ketones is 1. The van der Waals surface area contributed by atoms with Gasteiger partial charge >= 0.3 is 0 Å². The molecule has 140 valence electrons. The van der Waals surface area contributed by atoms with Gasteiger partial charge in [0.15, 0.2) is 11.8 Å². The molecular formula is C15H28N8O2. The molecule has 1 amide bonds. The van der Waals surface area contributed by atoms with Crippen molar-refractivity contribution >= 4 is 17.6 Å². The third kappa shape index (κ3) is 7.77. The number of carbonyl (C=O) groups is 2. The van der Waals surface area contributed by atoms with Crippen molar-refractivity contribution in [1.29, 1.82) is 5.41 Å². The molecule has 0 unspecified atom stereocenters. The van der Waals surface area contributed by atoms with Crippen molar-refractivity contribution in [3.8, 4) is 0 Å². The van der Waals surface area contributed by atoms with Crippen LogP contribution in [0.1, 0.15) is 42.7 Å². The van der Waals surface area contributed by atoms with Gasteiger partial charge in [-0.2, -0.15) is 0 Å². The number of nitrogens with zero attached hydrogens (tertiary/aromatic N) is 1. The first kappa shape index (κ1) is 20.6. The number of carbonyl (C=O) groups excluding carboxylic acids is 2. The lowest BCUT2D eigenvalue weighted by atomic mass is 10.0. The minimum Gasteiger partial charge on any atom is -0.370 e. The van der Waals surface area contributed by atoms with Gasteiger partial charge in [0.2, 0.25) is 11.7 Å². The molecular weight excluding hydrogens is 324 g/mol. The number of nitrogens with two attached hydrogens (primary N) is 3. The standard InChI is InChI=1S/C15H28N8O2/c16-6-2-1-5-11(12(24)13-20-8-9-21-13)23-14(25)10(17)4-3-7-22-15(18)19/h8-11H,1-7,16-17H2,(H,20,21)(H,23,25)(H4,18,19,22)/t10-,11-/m0/s1.